The van der Waals surface area contributed by atoms with Gasteiger partial charge in [0.25, 0.3) is 0 Å². The lowest BCUT2D eigenvalue weighted by atomic mass is 10.2. The molecular formula is C13H9BrFN3. The molecule has 1 unspecified atom stereocenters. The number of nitrogens with zero attached hydrogens (tertiary/aromatic N) is 2. The van der Waals surface area contributed by atoms with E-state index in [2.05, 4.69) is 32.3 Å². The summed E-state index contributed by atoms with van der Waals surface area (Å²) in [5, 5.41) is 11.9. The van der Waals surface area contributed by atoms with Crippen molar-refractivity contribution >= 4 is 21.6 Å². The number of hydrogen-bond donors (Lipinski definition) is 1. The Labute approximate surface area is 112 Å². The van der Waals surface area contributed by atoms with Crippen LogP contribution in [-0.2, 0) is 0 Å². The summed E-state index contributed by atoms with van der Waals surface area (Å²) in [7, 11) is 0. The molecule has 0 spiro atoms. The quantitative estimate of drug-likeness (QED) is 0.941. The van der Waals surface area contributed by atoms with Crippen LogP contribution in [0.2, 0.25) is 0 Å². The van der Waals surface area contributed by atoms with Gasteiger partial charge < -0.3 is 5.32 Å². The molecule has 2 rings (SSSR count). The van der Waals surface area contributed by atoms with E-state index in [1.807, 2.05) is 0 Å². The highest BCUT2D eigenvalue weighted by Gasteiger charge is 2.13. The molecular weight excluding hydrogens is 297 g/mol. The van der Waals surface area contributed by atoms with Gasteiger partial charge in [0.05, 0.1) is 17.5 Å². The molecule has 0 aliphatic carbocycles. The lowest BCUT2D eigenvalue weighted by molar-refractivity contribution is 0.629. The molecule has 0 aliphatic rings. The zero-order valence-electron chi connectivity index (χ0n) is 9.27. The second-order valence-corrected chi connectivity index (χ2v) is 4.50. The molecule has 0 saturated heterocycles. The number of aromatic nitrogens is 1. The fourth-order valence-electron chi connectivity index (χ4n) is 1.46. The Hall–Kier alpha value is -1.93. The van der Waals surface area contributed by atoms with Gasteiger partial charge in [-0.05, 0) is 40.2 Å². The molecule has 18 heavy (non-hydrogen) atoms. The number of rotatable bonds is 3. The zero-order valence-corrected chi connectivity index (χ0v) is 10.9. The van der Waals surface area contributed by atoms with Crippen LogP contribution in [0.15, 0.2) is 47.1 Å². The van der Waals surface area contributed by atoms with E-state index in [0.717, 1.165) is 4.47 Å². The smallest absolute Gasteiger partial charge is 0.157 e. The minimum absolute atomic E-state index is 0.286. The normalized spacial score (nSPS) is 11.6. The van der Waals surface area contributed by atoms with Crippen LogP contribution >= 0.6 is 15.9 Å². The maximum Gasteiger partial charge on any atom is 0.157 e. The lowest BCUT2D eigenvalue weighted by Gasteiger charge is -2.12. The summed E-state index contributed by atoms with van der Waals surface area (Å²) in [6.07, 6.45) is 1.60. The van der Waals surface area contributed by atoms with Crippen LogP contribution in [0.3, 0.4) is 0 Å². The second-order valence-electron chi connectivity index (χ2n) is 3.59. The fraction of sp³-hybridized carbons (Fsp3) is 0.0769. The van der Waals surface area contributed by atoms with Crippen molar-refractivity contribution in [3.63, 3.8) is 0 Å². The summed E-state index contributed by atoms with van der Waals surface area (Å²) in [5.41, 5.74) is 0.831. The van der Waals surface area contributed by atoms with Crippen molar-refractivity contribution in [2.75, 3.05) is 5.32 Å². The number of benzene rings is 1. The van der Waals surface area contributed by atoms with Crippen LogP contribution in [0.1, 0.15) is 11.7 Å². The first-order valence-corrected chi connectivity index (χ1v) is 6.02. The summed E-state index contributed by atoms with van der Waals surface area (Å²) in [6, 6.07) is 11.1. The monoisotopic (exact) mass is 305 g/mol. The van der Waals surface area contributed by atoms with E-state index in [1.165, 1.54) is 6.07 Å². The summed E-state index contributed by atoms with van der Waals surface area (Å²) in [6.45, 7) is 0. The average molecular weight is 306 g/mol. The largest absolute Gasteiger partial charge is 0.363 e. The van der Waals surface area contributed by atoms with E-state index in [1.54, 1.807) is 36.5 Å². The maximum atomic E-state index is 13.5. The second kappa shape index (κ2) is 5.61. The van der Waals surface area contributed by atoms with Gasteiger partial charge in [-0.2, -0.15) is 5.26 Å². The van der Waals surface area contributed by atoms with E-state index in [0.29, 0.717) is 5.69 Å². The molecule has 5 heteroatoms. The topological polar surface area (TPSA) is 48.7 Å². The van der Waals surface area contributed by atoms with Crippen molar-refractivity contribution in [1.29, 1.82) is 5.26 Å². The third-order valence-electron chi connectivity index (χ3n) is 2.35. The van der Waals surface area contributed by atoms with Crippen molar-refractivity contribution in [1.82, 2.24) is 4.98 Å². The molecule has 0 radical (unpaired) electrons. The fourth-order valence-corrected chi connectivity index (χ4v) is 1.70. The van der Waals surface area contributed by atoms with Gasteiger partial charge in [-0.1, -0.05) is 12.1 Å². The maximum absolute atomic E-state index is 13.5. The Bertz CT molecular complexity index is 578. The predicted molar refractivity (Wildman–Crippen MR) is 70.3 cm³/mol. The molecule has 2 aromatic rings. The number of nitrogens with one attached hydrogen (secondary N) is 1. The standard InChI is InChI=1S/C13H9BrFN3/c14-9-5-6-12(17-8-9)13(7-16)18-11-4-2-1-3-10(11)15/h1-6,8,13,18H. The number of pyridine rings is 1. The van der Waals surface area contributed by atoms with E-state index < -0.39 is 11.9 Å². The molecule has 0 amide bonds. The first kappa shape index (κ1) is 12.5. The molecule has 0 saturated carbocycles. The van der Waals surface area contributed by atoms with Gasteiger partial charge in [-0.3, -0.25) is 4.98 Å². The van der Waals surface area contributed by atoms with Crippen LogP contribution in [0.25, 0.3) is 0 Å². The molecule has 3 nitrogen and oxygen atoms in total. The molecule has 1 atom stereocenters. The van der Waals surface area contributed by atoms with Gasteiger partial charge in [0, 0.05) is 10.7 Å². The summed E-state index contributed by atoms with van der Waals surface area (Å²) < 4.78 is 14.3. The number of halogens is 2. The SMILES string of the molecule is N#CC(Nc1ccccc1F)c1ccc(Br)cn1. The summed E-state index contributed by atoms with van der Waals surface area (Å²) in [5.74, 6) is -0.394. The van der Waals surface area contributed by atoms with E-state index in [-0.39, 0.29) is 5.69 Å². The Kier molecular flexibility index (Phi) is 3.90. The molecule has 0 aliphatic heterocycles. The third-order valence-corrected chi connectivity index (χ3v) is 2.82. The predicted octanol–water partition coefficient (Wildman–Crippen LogP) is 3.66. The van der Waals surface area contributed by atoms with Crippen molar-refractivity contribution in [3.8, 4) is 6.07 Å². The van der Waals surface area contributed by atoms with Crippen LogP contribution in [-0.4, -0.2) is 4.98 Å². The van der Waals surface area contributed by atoms with Crippen molar-refractivity contribution in [2.45, 2.75) is 6.04 Å². The molecule has 1 N–H and O–H groups in total. The number of para-hydroxylation sites is 1. The molecule has 1 heterocycles. The highest BCUT2D eigenvalue weighted by Crippen LogP contribution is 2.21. The van der Waals surface area contributed by atoms with Gasteiger partial charge in [0.1, 0.15) is 5.82 Å². The third kappa shape index (κ3) is 2.84. The van der Waals surface area contributed by atoms with Gasteiger partial charge >= 0.3 is 0 Å². The Morgan fingerprint density at radius 1 is 1.28 bits per heavy atom. The van der Waals surface area contributed by atoms with Crippen LogP contribution in [0.5, 0.6) is 0 Å². The molecule has 0 fully saturated rings. The van der Waals surface area contributed by atoms with Crippen molar-refractivity contribution in [3.05, 3.63) is 58.6 Å². The molecule has 1 aromatic carbocycles. The highest BCUT2D eigenvalue weighted by molar-refractivity contribution is 9.10. The lowest BCUT2D eigenvalue weighted by Crippen LogP contribution is -2.11. The number of hydrogen-bond acceptors (Lipinski definition) is 3. The minimum atomic E-state index is -0.685. The number of nitriles is 1. The molecule has 90 valence electrons. The summed E-state index contributed by atoms with van der Waals surface area (Å²) >= 11 is 3.27. The van der Waals surface area contributed by atoms with Gasteiger partial charge in [0.2, 0.25) is 0 Å². The van der Waals surface area contributed by atoms with Crippen molar-refractivity contribution in [2.24, 2.45) is 0 Å². The molecule has 0 bridgehead atoms. The summed E-state index contributed by atoms with van der Waals surface area (Å²) in [4.78, 5) is 4.12. The average Bonchev–Trinajstić information content (AvgIpc) is 2.39. The molecule has 1 aromatic heterocycles. The Balaban J connectivity index is 2.23. The van der Waals surface area contributed by atoms with Crippen LogP contribution in [0.4, 0.5) is 10.1 Å². The van der Waals surface area contributed by atoms with Crippen LogP contribution < -0.4 is 5.32 Å². The van der Waals surface area contributed by atoms with Crippen LogP contribution in [0, 0.1) is 17.1 Å². The zero-order chi connectivity index (χ0) is 13.0. The first-order chi connectivity index (χ1) is 8.70. The van der Waals surface area contributed by atoms with E-state index in [9.17, 15) is 4.39 Å². The van der Waals surface area contributed by atoms with Gasteiger partial charge in [0.15, 0.2) is 6.04 Å². The van der Waals surface area contributed by atoms with Gasteiger partial charge in [-0.15, -0.1) is 0 Å². The Morgan fingerprint density at radius 3 is 2.67 bits per heavy atom. The minimum Gasteiger partial charge on any atom is -0.363 e. The van der Waals surface area contributed by atoms with Crippen molar-refractivity contribution < 1.29 is 4.39 Å². The van der Waals surface area contributed by atoms with E-state index >= 15 is 0 Å². The first-order valence-electron chi connectivity index (χ1n) is 5.23. The number of anilines is 1. The Morgan fingerprint density at radius 2 is 2.06 bits per heavy atom. The van der Waals surface area contributed by atoms with Gasteiger partial charge in [-0.25, -0.2) is 4.39 Å². The highest BCUT2D eigenvalue weighted by atomic mass is 79.9. The van der Waals surface area contributed by atoms with E-state index in [4.69, 9.17) is 5.26 Å².